The first-order valence-electron chi connectivity index (χ1n) is 10.1. The Balaban J connectivity index is 3.60. The fourth-order valence-electron chi connectivity index (χ4n) is 2.95. The molecule has 0 saturated heterocycles. The van der Waals surface area contributed by atoms with E-state index in [0.717, 1.165) is 12.0 Å². The van der Waals surface area contributed by atoms with Crippen molar-refractivity contribution in [1.82, 2.24) is 5.32 Å². The van der Waals surface area contributed by atoms with Crippen LogP contribution < -0.4 is 5.32 Å². The third-order valence-corrected chi connectivity index (χ3v) is 4.17. The van der Waals surface area contributed by atoms with Crippen LogP contribution in [0, 0.1) is 5.92 Å². The normalized spacial score (nSPS) is 13.1. The Morgan fingerprint density at radius 3 is 2.28 bits per heavy atom. The number of amides is 1. The van der Waals surface area contributed by atoms with Gasteiger partial charge in [-0.3, -0.25) is 0 Å². The van der Waals surface area contributed by atoms with Crippen molar-refractivity contribution in [2.75, 3.05) is 7.11 Å². The first kappa shape index (κ1) is 24.5. The molecule has 0 spiro atoms. The lowest BCUT2D eigenvalue weighted by atomic mass is 9.81. The minimum Gasteiger partial charge on any atom is -0.467 e. The highest BCUT2D eigenvalue weighted by atomic mass is 16.6. The van der Waals surface area contributed by atoms with Gasteiger partial charge in [-0.2, -0.15) is 0 Å². The average Bonchev–Trinajstić information content (AvgIpc) is 2.63. The summed E-state index contributed by atoms with van der Waals surface area (Å²) in [6, 6.07) is 9.55. The van der Waals surface area contributed by atoms with E-state index in [2.05, 4.69) is 11.0 Å². The predicted octanol–water partition coefficient (Wildman–Crippen LogP) is 5.20. The first-order chi connectivity index (χ1) is 13.5. The van der Waals surface area contributed by atoms with Crippen LogP contribution >= 0.6 is 0 Å². The molecule has 1 aromatic rings. The number of rotatable bonds is 8. The van der Waals surface area contributed by atoms with E-state index in [0.29, 0.717) is 12.0 Å². The van der Waals surface area contributed by atoms with Crippen LogP contribution in [0.3, 0.4) is 0 Å². The topological polar surface area (TPSA) is 64.6 Å². The van der Waals surface area contributed by atoms with Gasteiger partial charge in [-0.15, -0.1) is 5.73 Å². The molecule has 1 N–H and O–H groups in total. The van der Waals surface area contributed by atoms with Crippen LogP contribution in [-0.2, 0) is 20.7 Å². The number of carbonyl (C=O) groups is 2. The predicted molar refractivity (Wildman–Crippen MR) is 116 cm³/mol. The summed E-state index contributed by atoms with van der Waals surface area (Å²) >= 11 is 0. The third-order valence-electron chi connectivity index (χ3n) is 4.17. The molecule has 0 saturated carbocycles. The van der Waals surface area contributed by atoms with E-state index in [9.17, 15) is 9.59 Å². The third kappa shape index (κ3) is 7.78. The summed E-state index contributed by atoms with van der Waals surface area (Å²) in [5.41, 5.74) is 2.76. The number of methoxy groups -OCH3 is 1. The molecule has 0 aromatic heterocycles. The molecule has 0 aliphatic carbocycles. The number of hydrogen-bond acceptors (Lipinski definition) is 4. The van der Waals surface area contributed by atoms with E-state index in [1.807, 2.05) is 57.2 Å². The number of carbonyl (C=O) groups excluding carboxylic acids is 2. The molecule has 1 aromatic carbocycles. The smallest absolute Gasteiger partial charge is 0.408 e. The monoisotopic (exact) mass is 401 g/mol. The van der Waals surface area contributed by atoms with Crippen LogP contribution in [0.15, 0.2) is 47.7 Å². The van der Waals surface area contributed by atoms with Crippen LogP contribution in [0.1, 0.15) is 59.9 Å². The largest absolute Gasteiger partial charge is 0.467 e. The SMILES string of the molecule is CCCC(=C=CC(C)C)[C@@](Cc1ccccc1)(NC(=O)OC(C)(C)C)C(=O)OC. The lowest BCUT2D eigenvalue weighted by molar-refractivity contribution is -0.147. The van der Waals surface area contributed by atoms with Crippen molar-refractivity contribution in [3.8, 4) is 0 Å². The van der Waals surface area contributed by atoms with Gasteiger partial charge in [0.2, 0.25) is 0 Å². The maximum atomic E-state index is 13.1. The Hall–Kier alpha value is -2.52. The molecule has 0 heterocycles. The fraction of sp³-hybridized carbons (Fsp3) is 0.542. The quantitative estimate of drug-likeness (QED) is 0.480. The van der Waals surface area contributed by atoms with E-state index in [-0.39, 0.29) is 12.3 Å². The molecule has 5 nitrogen and oxygen atoms in total. The molecule has 0 aliphatic heterocycles. The second kappa shape index (κ2) is 10.9. The lowest BCUT2D eigenvalue weighted by Crippen LogP contribution is -2.58. The highest BCUT2D eigenvalue weighted by Gasteiger charge is 2.45. The Kier molecular flexibility index (Phi) is 9.19. The van der Waals surface area contributed by atoms with Crippen LogP contribution in [0.25, 0.3) is 0 Å². The molecular formula is C24H35NO4. The van der Waals surface area contributed by atoms with Crippen molar-refractivity contribution < 1.29 is 19.1 Å². The molecule has 1 amide bonds. The molecule has 1 rings (SSSR count). The average molecular weight is 402 g/mol. The molecular weight excluding hydrogens is 366 g/mol. The summed E-state index contributed by atoms with van der Waals surface area (Å²) in [5.74, 6) is -0.296. The molecule has 160 valence electrons. The highest BCUT2D eigenvalue weighted by molar-refractivity contribution is 5.90. The van der Waals surface area contributed by atoms with E-state index < -0.39 is 23.2 Å². The van der Waals surface area contributed by atoms with Crippen LogP contribution in [0.4, 0.5) is 4.79 Å². The summed E-state index contributed by atoms with van der Waals surface area (Å²) < 4.78 is 10.6. The summed E-state index contributed by atoms with van der Waals surface area (Å²) in [5, 5.41) is 2.84. The number of benzene rings is 1. The molecule has 0 bridgehead atoms. The van der Waals surface area contributed by atoms with Crippen molar-refractivity contribution in [3.05, 3.63) is 53.3 Å². The second-order valence-electron chi connectivity index (χ2n) is 8.47. The fourth-order valence-corrected chi connectivity index (χ4v) is 2.95. The van der Waals surface area contributed by atoms with E-state index in [1.54, 1.807) is 20.8 Å². The Bertz CT molecular complexity index is 740. The maximum Gasteiger partial charge on any atom is 0.408 e. The van der Waals surface area contributed by atoms with Gasteiger partial charge in [0.05, 0.1) is 7.11 Å². The molecule has 0 unspecified atom stereocenters. The van der Waals surface area contributed by atoms with Crippen LogP contribution in [0.2, 0.25) is 0 Å². The number of alkyl carbamates (subject to hydrolysis) is 1. The van der Waals surface area contributed by atoms with Crippen LogP contribution in [-0.4, -0.2) is 30.3 Å². The Labute approximate surface area is 175 Å². The van der Waals surface area contributed by atoms with Gasteiger partial charge in [-0.25, -0.2) is 9.59 Å². The summed E-state index contributed by atoms with van der Waals surface area (Å²) in [6.45, 7) is 11.4. The summed E-state index contributed by atoms with van der Waals surface area (Å²) in [7, 11) is 1.33. The molecule has 0 aliphatic rings. The van der Waals surface area contributed by atoms with Gasteiger partial charge in [0.15, 0.2) is 5.54 Å². The van der Waals surface area contributed by atoms with Crippen molar-refractivity contribution in [1.29, 1.82) is 0 Å². The minimum absolute atomic E-state index is 0.244. The van der Waals surface area contributed by atoms with Gasteiger partial charge in [0, 0.05) is 12.0 Å². The second-order valence-corrected chi connectivity index (χ2v) is 8.47. The number of nitrogens with one attached hydrogen (secondary N) is 1. The van der Waals surface area contributed by atoms with Crippen molar-refractivity contribution in [3.63, 3.8) is 0 Å². The summed E-state index contributed by atoms with van der Waals surface area (Å²) in [4.78, 5) is 25.9. The lowest BCUT2D eigenvalue weighted by Gasteiger charge is -2.34. The van der Waals surface area contributed by atoms with Gasteiger partial charge in [0.25, 0.3) is 0 Å². The number of ether oxygens (including phenoxy) is 2. The Morgan fingerprint density at radius 2 is 1.79 bits per heavy atom. The van der Waals surface area contributed by atoms with Gasteiger partial charge in [-0.05, 0) is 44.7 Å². The van der Waals surface area contributed by atoms with E-state index in [4.69, 9.17) is 9.47 Å². The van der Waals surface area contributed by atoms with Gasteiger partial charge in [-0.1, -0.05) is 57.5 Å². The summed E-state index contributed by atoms with van der Waals surface area (Å²) in [6.07, 6.45) is 2.86. The number of hydrogen-bond donors (Lipinski definition) is 1. The molecule has 0 fully saturated rings. The highest BCUT2D eigenvalue weighted by Crippen LogP contribution is 2.28. The number of esters is 1. The van der Waals surface area contributed by atoms with Crippen LogP contribution in [0.5, 0.6) is 0 Å². The zero-order valence-corrected chi connectivity index (χ0v) is 18.8. The van der Waals surface area contributed by atoms with Gasteiger partial charge >= 0.3 is 12.1 Å². The Morgan fingerprint density at radius 1 is 1.17 bits per heavy atom. The zero-order valence-electron chi connectivity index (χ0n) is 18.8. The zero-order chi connectivity index (χ0) is 22.1. The van der Waals surface area contributed by atoms with E-state index >= 15 is 0 Å². The standard InChI is InChI=1S/C24H35NO4/c1-8-12-20(16-15-18(2)3)24(21(26)28-7,17-19-13-10-9-11-14-19)25-22(27)29-23(4,5)6/h9-11,13-15,18H,8,12,17H2,1-7H3,(H,25,27)/t16?,24-/m1/s1. The van der Waals surface area contributed by atoms with Crippen molar-refractivity contribution in [2.45, 2.75) is 71.9 Å². The minimum atomic E-state index is -1.40. The van der Waals surface area contributed by atoms with Crippen molar-refractivity contribution in [2.24, 2.45) is 5.92 Å². The molecule has 0 radical (unpaired) electrons. The molecule has 29 heavy (non-hydrogen) atoms. The maximum absolute atomic E-state index is 13.1. The molecule has 5 heteroatoms. The van der Waals surface area contributed by atoms with E-state index in [1.165, 1.54) is 7.11 Å². The first-order valence-corrected chi connectivity index (χ1v) is 10.1. The van der Waals surface area contributed by atoms with Gasteiger partial charge in [0.1, 0.15) is 5.60 Å². The van der Waals surface area contributed by atoms with Crippen molar-refractivity contribution >= 4 is 12.1 Å². The molecule has 1 atom stereocenters. The van der Waals surface area contributed by atoms with Gasteiger partial charge < -0.3 is 14.8 Å².